The summed E-state index contributed by atoms with van der Waals surface area (Å²) in [7, 11) is 0. The van der Waals surface area contributed by atoms with Gasteiger partial charge in [0.05, 0.1) is 10.8 Å². The molecule has 0 spiro atoms. The van der Waals surface area contributed by atoms with Gasteiger partial charge in [0, 0.05) is 68.5 Å². The lowest BCUT2D eigenvalue weighted by Crippen LogP contribution is -2.62. The Labute approximate surface area is 591 Å². The maximum absolute atomic E-state index is 7.61. The van der Waals surface area contributed by atoms with Crippen LogP contribution in [-0.2, 0) is 16.2 Å². The van der Waals surface area contributed by atoms with E-state index in [1.807, 2.05) is 0 Å². The molecule has 15 aromatic carbocycles. The van der Waals surface area contributed by atoms with Crippen molar-refractivity contribution in [2.45, 2.75) is 37.0 Å². The van der Waals surface area contributed by atoms with Gasteiger partial charge in [0.15, 0.2) is 0 Å². The molecule has 0 aromatic heterocycles. The highest BCUT2D eigenvalue weighted by Gasteiger charge is 2.52. The van der Waals surface area contributed by atoms with E-state index >= 15 is 0 Å². The number of fused-ring (bicyclic) bond motifs is 8. The van der Waals surface area contributed by atoms with Gasteiger partial charge in [-0.1, -0.05) is 312 Å². The lowest BCUT2D eigenvalue weighted by atomic mass is 9.32. The first kappa shape index (κ1) is 59.8. The van der Waals surface area contributed by atoms with Crippen LogP contribution < -0.4 is 35.7 Å². The van der Waals surface area contributed by atoms with Gasteiger partial charge < -0.3 is 19.3 Å². The van der Waals surface area contributed by atoms with Gasteiger partial charge in [0.25, 0.3) is 6.71 Å². The van der Waals surface area contributed by atoms with Crippen LogP contribution in [0.2, 0.25) is 0 Å². The number of para-hydroxylation sites is 2. The van der Waals surface area contributed by atoms with Crippen LogP contribution in [0, 0.1) is 0 Å². The fourth-order valence-corrected chi connectivity index (χ4v) is 17.1. The molecule has 0 unspecified atom stereocenters. The SMILES string of the molecule is CC(C)(C)c1cc2c3c(c1)N(c1cc(-c4ccccc4)cc(-c4ccccc4)c1)c1cc4c(cc1B3c1cc3c(cc1N2c1cc(-c2ccccc2)cc(-c2ccccc2)c1)Oc1ccccc1C3(c1ccccc1)c1ccccc1)C(c1ccccc1)(c1ccccc1)c1ccccc1O4. The molecule has 0 N–H and O–H groups in total. The normalized spacial score (nSPS) is 14.0. The van der Waals surface area contributed by atoms with Crippen molar-refractivity contribution in [1.29, 1.82) is 0 Å². The minimum Gasteiger partial charge on any atom is -0.457 e. The maximum atomic E-state index is 7.61. The average Bonchev–Trinajstić information content (AvgIpc) is 0.695. The lowest BCUT2D eigenvalue weighted by molar-refractivity contribution is 0.435. The summed E-state index contributed by atoms with van der Waals surface area (Å²) in [4.78, 5) is 5.20. The predicted molar refractivity (Wildman–Crippen MR) is 418 cm³/mol. The number of hydrogen-bond acceptors (Lipinski definition) is 4. The van der Waals surface area contributed by atoms with Gasteiger partial charge in [0.1, 0.15) is 23.0 Å². The van der Waals surface area contributed by atoms with Crippen LogP contribution in [0.25, 0.3) is 44.5 Å². The van der Waals surface area contributed by atoms with Crippen molar-refractivity contribution in [3.05, 3.63) is 414 Å². The topological polar surface area (TPSA) is 24.9 Å². The fraction of sp³-hybridized carbons (Fsp3) is 0.0625. The Morgan fingerprint density at radius 1 is 0.257 bits per heavy atom. The molecule has 0 saturated heterocycles. The second-order valence-corrected chi connectivity index (χ2v) is 28.3. The van der Waals surface area contributed by atoms with Gasteiger partial charge in [-0.15, -0.1) is 0 Å². The zero-order valence-corrected chi connectivity index (χ0v) is 56.4. The molecule has 4 nitrogen and oxygen atoms in total. The van der Waals surface area contributed by atoms with Gasteiger partial charge >= 0.3 is 0 Å². The Morgan fingerprint density at radius 2 is 0.545 bits per heavy atom. The first-order chi connectivity index (χ1) is 49.7. The van der Waals surface area contributed by atoms with Crippen molar-refractivity contribution < 1.29 is 9.47 Å². The second-order valence-electron chi connectivity index (χ2n) is 28.3. The zero-order chi connectivity index (χ0) is 67.4. The van der Waals surface area contributed by atoms with E-state index in [1.54, 1.807) is 0 Å². The largest absolute Gasteiger partial charge is 0.457 e. The van der Waals surface area contributed by atoms with Crippen LogP contribution in [0.3, 0.4) is 0 Å². The Kier molecular flexibility index (Phi) is 14.0. The van der Waals surface area contributed by atoms with E-state index in [9.17, 15) is 0 Å². The molecule has 4 aliphatic rings. The minimum atomic E-state index is -0.835. The smallest absolute Gasteiger partial charge is 0.252 e. The van der Waals surface area contributed by atoms with E-state index < -0.39 is 10.8 Å². The molecule has 478 valence electrons. The molecule has 0 aliphatic carbocycles. The summed E-state index contributed by atoms with van der Waals surface area (Å²) in [5, 5.41) is 0. The minimum absolute atomic E-state index is 0.331. The molecule has 4 aliphatic heterocycles. The number of anilines is 6. The molecule has 5 heteroatoms. The first-order valence-corrected chi connectivity index (χ1v) is 35.1. The van der Waals surface area contributed by atoms with Crippen LogP contribution in [0.15, 0.2) is 364 Å². The molecule has 101 heavy (non-hydrogen) atoms. The molecule has 15 aromatic rings. The summed E-state index contributed by atoms with van der Waals surface area (Å²) in [5.41, 5.74) is 26.9. The van der Waals surface area contributed by atoms with E-state index in [4.69, 9.17) is 9.47 Å². The molecule has 0 saturated carbocycles. The van der Waals surface area contributed by atoms with Gasteiger partial charge in [-0.05, 0) is 155 Å². The van der Waals surface area contributed by atoms with Gasteiger partial charge in [0.2, 0.25) is 0 Å². The third-order valence-corrected chi connectivity index (χ3v) is 21.6. The highest BCUT2D eigenvalue weighted by Crippen LogP contribution is 2.60. The molecular formula is C96H69BN2O2. The Balaban J connectivity index is 1.00. The van der Waals surface area contributed by atoms with Crippen LogP contribution in [0.4, 0.5) is 34.1 Å². The molecule has 19 rings (SSSR count). The Bertz CT molecular complexity index is 5150. The van der Waals surface area contributed by atoms with Crippen molar-refractivity contribution in [2.24, 2.45) is 0 Å². The number of ether oxygens (including phenoxy) is 2. The fourth-order valence-electron chi connectivity index (χ4n) is 17.1. The molecule has 0 bridgehead atoms. The monoisotopic (exact) mass is 1290 g/mol. The number of rotatable bonds is 10. The number of hydrogen-bond donors (Lipinski definition) is 0. The van der Waals surface area contributed by atoms with Crippen molar-refractivity contribution >= 4 is 57.2 Å². The van der Waals surface area contributed by atoms with Crippen molar-refractivity contribution in [3.8, 4) is 67.5 Å². The number of nitrogens with zero attached hydrogens (tertiary/aromatic N) is 2. The maximum Gasteiger partial charge on any atom is 0.252 e. The van der Waals surface area contributed by atoms with E-state index in [-0.39, 0.29) is 12.1 Å². The van der Waals surface area contributed by atoms with E-state index in [2.05, 4.69) is 395 Å². The van der Waals surface area contributed by atoms with Crippen molar-refractivity contribution in [2.75, 3.05) is 9.80 Å². The van der Waals surface area contributed by atoms with Crippen molar-refractivity contribution in [3.63, 3.8) is 0 Å². The summed E-state index contributed by atoms with van der Waals surface area (Å²) in [6.45, 7) is 6.69. The Morgan fingerprint density at radius 3 is 0.851 bits per heavy atom. The van der Waals surface area contributed by atoms with Crippen LogP contribution in [0.5, 0.6) is 23.0 Å². The molecule has 0 fully saturated rings. The van der Waals surface area contributed by atoms with Gasteiger partial charge in [-0.25, -0.2) is 0 Å². The molecule has 0 radical (unpaired) electrons. The summed E-state index contributed by atoms with van der Waals surface area (Å²) in [5.74, 6) is 3.23. The quantitative estimate of drug-likeness (QED) is 0.127. The van der Waals surface area contributed by atoms with Crippen LogP contribution >= 0.6 is 0 Å². The summed E-state index contributed by atoms with van der Waals surface area (Å²) >= 11 is 0. The molecule has 0 amide bonds. The van der Waals surface area contributed by atoms with Crippen LogP contribution in [0.1, 0.15) is 70.8 Å². The predicted octanol–water partition coefficient (Wildman–Crippen LogP) is 22.7. The Hall–Kier alpha value is -12.4. The second kappa shape index (κ2) is 23.7. The van der Waals surface area contributed by atoms with E-state index in [0.29, 0.717) is 0 Å². The third kappa shape index (κ3) is 9.52. The first-order valence-electron chi connectivity index (χ1n) is 35.1. The lowest BCUT2D eigenvalue weighted by Gasteiger charge is -2.48. The highest BCUT2D eigenvalue weighted by atomic mass is 16.5. The van der Waals surface area contributed by atoms with Crippen molar-refractivity contribution in [1.82, 2.24) is 0 Å². The summed E-state index contributed by atoms with van der Waals surface area (Å²) in [6.07, 6.45) is 0. The summed E-state index contributed by atoms with van der Waals surface area (Å²) < 4.78 is 15.2. The van der Waals surface area contributed by atoms with Gasteiger partial charge in [-0.3, -0.25) is 0 Å². The molecular weight excluding hydrogens is 1220 g/mol. The highest BCUT2D eigenvalue weighted by molar-refractivity contribution is 7.00. The molecule has 0 atom stereocenters. The van der Waals surface area contributed by atoms with Crippen LogP contribution in [-0.4, -0.2) is 6.71 Å². The van der Waals surface area contributed by atoms with Gasteiger partial charge in [-0.2, -0.15) is 0 Å². The average molecular weight is 1290 g/mol. The zero-order valence-electron chi connectivity index (χ0n) is 56.4. The number of benzene rings is 15. The van der Waals surface area contributed by atoms with E-state index in [1.165, 1.54) is 11.0 Å². The third-order valence-electron chi connectivity index (χ3n) is 21.6. The summed E-state index contributed by atoms with van der Waals surface area (Å²) in [6, 6.07) is 135. The van der Waals surface area contributed by atoms with E-state index in [0.717, 1.165) is 157 Å². The standard InChI is InChI=1S/C96H69BN2O2/c1-94(2,3)76-58-87-93-88(59-76)99(78-56-70(66-36-16-6-17-37-66)53-71(57-78)67-38-18-7-19-39-67)86-63-92-82(96(74-44-24-10-25-45-74,75-46-26-11-27-47-75)80-49-29-31-51-90(80)101-92)61-84(86)97(93)83-60-81-91(100-89-50-30-28-48-79(89)95(81,72-40-20-8-21-41-72)73-42-22-9-23-43-73)62-85(83)98(87)77-54-68(64-32-12-4-13-33-64)52-69(55-77)65-34-14-5-15-35-65/h4-63H,1-3H3. The molecule has 4 heterocycles.